The van der Waals surface area contributed by atoms with Crippen LogP contribution in [0.5, 0.6) is 0 Å². The summed E-state index contributed by atoms with van der Waals surface area (Å²) in [4.78, 5) is 73.4. The lowest BCUT2D eigenvalue weighted by Crippen LogP contribution is -2.31. The van der Waals surface area contributed by atoms with Crippen LogP contribution in [0, 0.1) is 12.3 Å². The van der Waals surface area contributed by atoms with Crippen molar-refractivity contribution in [3.8, 4) is 5.69 Å². The predicted octanol–water partition coefficient (Wildman–Crippen LogP) is 2.00. The quantitative estimate of drug-likeness (QED) is 0.0428. The summed E-state index contributed by atoms with van der Waals surface area (Å²) in [6.45, 7) is 10.1. The maximum Gasteiger partial charge on any atom is 0.369 e. The number of ketones is 1. The highest BCUT2D eigenvalue weighted by Crippen LogP contribution is 2.69. The number of ether oxygens (including phenoxy) is 5. The van der Waals surface area contributed by atoms with Crippen molar-refractivity contribution in [2.45, 2.75) is 70.8 Å². The third-order valence-corrected chi connectivity index (χ3v) is 13.0. The molecule has 1 aromatic heterocycles. The van der Waals surface area contributed by atoms with E-state index in [1.54, 1.807) is 16.8 Å². The van der Waals surface area contributed by atoms with Crippen molar-refractivity contribution in [2.75, 3.05) is 84.5 Å². The van der Waals surface area contributed by atoms with Crippen LogP contribution in [0.25, 0.3) is 5.69 Å². The fourth-order valence-electron chi connectivity index (χ4n) is 6.20. The summed E-state index contributed by atoms with van der Waals surface area (Å²) in [5, 5.41) is 16.7. The van der Waals surface area contributed by atoms with Gasteiger partial charge in [0.15, 0.2) is 5.78 Å². The number of benzene rings is 1. The fraction of sp³-hybridized carbons (Fsp3) is 0.667. The molecule has 0 saturated carbocycles. The van der Waals surface area contributed by atoms with Crippen molar-refractivity contribution in [3.63, 3.8) is 0 Å². The summed E-state index contributed by atoms with van der Waals surface area (Å²) in [6.07, 6.45) is 1.18. The van der Waals surface area contributed by atoms with Gasteiger partial charge in [-0.2, -0.15) is 5.10 Å². The van der Waals surface area contributed by atoms with Gasteiger partial charge in [0.1, 0.15) is 0 Å². The number of hydrogen-bond donors (Lipinski definition) is 8. The number of amides is 2. The summed E-state index contributed by atoms with van der Waals surface area (Å²) in [7, 11) is -11.0. The van der Waals surface area contributed by atoms with E-state index in [0.29, 0.717) is 114 Å². The number of nitrogens with zero attached hydrogens (tertiary/aromatic N) is 2. The monoisotopic (exact) mass is 863 g/mol. The van der Waals surface area contributed by atoms with Gasteiger partial charge in [-0.3, -0.25) is 23.5 Å². The van der Waals surface area contributed by atoms with Gasteiger partial charge in [0.05, 0.1) is 81.1 Å². The van der Waals surface area contributed by atoms with Crippen LogP contribution in [0.2, 0.25) is 0 Å². The Morgan fingerprint density at radius 3 is 1.91 bits per heavy atom. The van der Waals surface area contributed by atoms with Crippen LogP contribution >= 0.6 is 15.2 Å². The zero-order valence-electron chi connectivity index (χ0n) is 33.4. The van der Waals surface area contributed by atoms with Gasteiger partial charge in [0, 0.05) is 51.3 Å². The molecule has 2 amide bonds. The fourth-order valence-corrected chi connectivity index (χ4v) is 8.45. The van der Waals surface area contributed by atoms with Crippen LogP contribution in [-0.4, -0.2) is 136 Å². The molecule has 0 spiro atoms. The lowest BCUT2D eigenvalue weighted by atomic mass is 9.75. The average molecular weight is 864 g/mol. The largest absolute Gasteiger partial charge is 0.384 e. The number of anilines is 1. The Morgan fingerprint density at radius 2 is 1.38 bits per heavy atom. The molecule has 0 unspecified atom stereocenters. The van der Waals surface area contributed by atoms with E-state index in [9.17, 15) is 28.6 Å². The second-order valence-electron chi connectivity index (χ2n) is 14.6. The van der Waals surface area contributed by atoms with Crippen LogP contribution in [0.1, 0.15) is 84.5 Å². The molecule has 0 radical (unpaired) electrons. The summed E-state index contributed by atoms with van der Waals surface area (Å²) in [6, 6.07) is 5.28. The number of carbonyl (C=O) groups excluding carboxylic acids is 3. The number of nitrogens with one attached hydrogen (secondary N) is 2. The van der Waals surface area contributed by atoms with Crippen molar-refractivity contribution < 1.29 is 71.9 Å². The summed E-state index contributed by atoms with van der Waals surface area (Å²) in [5.74, 6) is -0.847. The molecule has 22 heteroatoms. The molecule has 58 heavy (non-hydrogen) atoms. The van der Waals surface area contributed by atoms with Crippen molar-refractivity contribution in [2.24, 2.45) is 11.1 Å². The topological polar surface area (TPSA) is 301 Å². The van der Waals surface area contributed by atoms with Gasteiger partial charge in [0.25, 0.3) is 11.0 Å². The Balaban J connectivity index is 1.15. The lowest BCUT2D eigenvalue weighted by Gasteiger charge is -2.29. The van der Waals surface area contributed by atoms with Crippen molar-refractivity contribution >= 4 is 38.5 Å². The number of primary amides is 1. The zero-order chi connectivity index (χ0) is 43.0. The van der Waals surface area contributed by atoms with Crippen LogP contribution in [-0.2, 0) is 44.0 Å². The second kappa shape index (κ2) is 23.0. The van der Waals surface area contributed by atoms with Crippen LogP contribution in [0.15, 0.2) is 18.2 Å². The number of aryl methyl sites for hydroxylation is 1. The van der Waals surface area contributed by atoms with Gasteiger partial charge in [-0.05, 0) is 56.2 Å². The zero-order valence-corrected chi connectivity index (χ0v) is 35.1. The van der Waals surface area contributed by atoms with E-state index in [0.717, 1.165) is 11.4 Å². The molecule has 0 aliphatic heterocycles. The van der Waals surface area contributed by atoms with Crippen LogP contribution < -0.4 is 16.4 Å². The van der Waals surface area contributed by atoms with Crippen molar-refractivity contribution in [3.05, 3.63) is 40.7 Å². The first-order chi connectivity index (χ1) is 27.3. The summed E-state index contributed by atoms with van der Waals surface area (Å²) < 4.78 is 52.0. The minimum Gasteiger partial charge on any atom is -0.384 e. The number of fused-ring (bicyclic) bond motifs is 1. The molecule has 1 aliphatic rings. The molecule has 20 nitrogen and oxygen atoms in total. The van der Waals surface area contributed by atoms with Gasteiger partial charge in [0.2, 0.25) is 5.91 Å². The Morgan fingerprint density at radius 1 is 0.845 bits per heavy atom. The highest BCUT2D eigenvalue weighted by molar-refractivity contribution is 7.72. The minimum atomic E-state index is -5.52. The van der Waals surface area contributed by atoms with Gasteiger partial charge in [-0.25, -0.2) is 4.68 Å². The predicted molar refractivity (Wildman–Crippen MR) is 211 cm³/mol. The minimum absolute atomic E-state index is 0.0951. The van der Waals surface area contributed by atoms with E-state index in [4.69, 9.17) is 49.0 Å². The molecule has 328 valence electrons. The number of Topliss-reactive ketones (excluding diaryl/α,β-unsaturated/α-hetero) is 1. The van der Waals surface area contributed by atoms with E-state index in [-0.39, 0.29) is 43.1 Å². The number of aromatic nitrogens is 2. The molecule has 0 atom stereocenters. The maximum atomic E-state index is 12.9. The molecule has 0 bridgehead atoms. The lowest BCUT2D eigenvalue weighted by molar-refractivity contribution is -0.121. The molecule has 0 fully saturated rings. The van der Waals surface area contributed by atoms with Gasteiger partial charge >= 0.3 is 15.2 Å². The van der Waals surface area contributed by atoms with Gasteiger partial charge in [-0.15, -0.1) is 0 Å². The molecular weight excluding hydrogens is 804 g/mol. The number of aliphatic hydroxyl groups is 1. The Bertz CT molecular complexity index is 1740. The first kappa shape index (κ1) is 49.3. The molecular formula is C36H59N5O15P2. The average Bonchev–Trinajstić information content (AvgIpc) is 3.46. The highest BCUT2D eigenvalue weighted by atomic mass is 31.2. The van der Waals surface area contributed by atoms with Crippen molar-refractivity contribution in [1.29, 1.82) is 0 Å². The first-order valence-electron chi connectivity index (χ1n) is 19.1. The van der Waals surface area contributed by atoms with E-state index in [1.165, 1.54) is 0 Å². The first-order valence-corrected chi connectivity index (χ1v) is 22.3. The number of carbonyl (C=O) groups is 3. The molecule has 3 rings (SSSR count). The maximum absolute atomic E-state index is 12.9. The highest BCUT2D eigenvalue weighted by Gasteiger charge is 2.58. The van der Waals surface area contributed by atoms with Gasteiger partial charge in [-0.1, -0.05) is 13.8 Å². The summed E-state index contributed by atoms with van der Waals surface area (Å²) >= 11 is 0. The molecule has 1 heterocycles. The molecule has 1 aliphatic carbocycles. The molecule has 1 aromatic carbocycles. The number of hydrogen-bond acceptors (Lipinski definition) is 13. The standard InChI is InChI=1S/C36H59N5O15P2/c1-26-33-30(24-35(2,3)25-31(33)42)41(40-26)27-8-9-28(34(37)44)29(23-27)38-12-6-14-53-16-18-55-20-22-56-21-19-54-17-15-52-13-4-7-32(43)39-11-5-10-36(45,57(46,47)48)58(49,50)51/h8-9,23,38,45H,4-7,10-22,24-25H2,1-3H3,(H2,37,44)(H,39,43)(H2,46,47,48)(H2,49,50,51). The Kier molecular flexibility index (Phi) is 19.6. The molecule has 2 aromatic rings. The Labute approximate surface area is 337 Å². The van der Waals surface area contributed by atoms with E-state index >= 15 is 0 Å². The normalized spacial score (nSPS) is 14.4. The molecule has 0 saturated heterocycles. The molecule has 9 N–H and O–H groups in total. The smallest absolute Gasteiger partial charge is 0.369 e. The van der Waals surface area contributed by atoms with Gasteiger partial charge < -0.3 is 64.7 Å². The third-order valence-electron chi connectivity index (χ3n) is 9.14. The number of nitrogens with two attached hydrogens (primary N) is 1. The van der Waals surface area contributed by atoms with Crippen molar-refractivity contribution in [1.82, 2.24) is 15.1 Å². The summed E-state index contributed by atoms with van der Waals surface area (Å²) in [5.41, 5.74) is 9.39. The van der Waals surface area contributed by atoms with E-state index < -0.39 is 32.6 Å². The van der Waals surface area contributed by atoms with Crippen LogP contribution in [0.3, 0.4) is 0 Å². The number of rotatable bonds is 29. The van der Waals surface area contributed by atoms with Crippen LogP contribution in [0.4, 0.5) is 5.69 Å². The Hall–Kier alpha value is -3.10. The second-order valence-corrected chi connectivity index (χ2v) is 18.6. The third kappa shape index (κ3) is 15.2. The SMILES string of the molecule is Cc1nn(-c2ccc(C(N)=O)c(NCCCOCCOCCOCCOCCOCCCC(=O)NCCCC(O)(P(=O)(O)O)P(=O)(O)O)c2)c2c1C(=O)CC(C)(C)C2. The van der Waals surface area contributed by atoms with E-state index in [1.807, 2.05) is 13.0 Å². The van der Waals surface area contributed by atoms with E-state index in [2.05, 4.69) is 29.6 Å².